The van der Waals surface area contributed by atoms with Crippen molar-refractivity contribution in [3.8, 4) is 0 Å². The molecule has 0 heterocycles. The topological polar surface area (TPSA) is 55.1 Å². The van der Waals surface area contributed by atoms with Gasteiger partial charge in [0.2, 0.25) is 0 Å². The van der Waals surface area contributed by atoms with E-state index in [1.54, 1.807) is 12.1 Å². The first-order valence-electron chi connectivity index (χ1n) is 5.89. The zero-order valence-corrected chi connectivity index (χ0v) is 10.3. The molecule has 3 nitrogen and oxygen atoms in total. The molecule has 0 aliphatic carbocycles. The number of hydrogen-bond acceptors (Lipinski definition) is 2. The van der Waals surface area contributed by atoms with E-state index in [4.69, 9.17) is 5.73 Å². The molecule has 18 heavy (non-hydrogen) atoms. The van der Waals surface area contributed by atoms with Crippen LogP contribution in [0.15, 0.2) is 54.6 Å². The Morgan fingerprint density at radius 2 is 1.67 bits per heavy atom. The fraction of sp³-hybridized carbons (Fsp3) is 0.133. The molecule has 2 aromatic rings. The Balaban J connectivity index is 2.22. The van der Waals surface area contributed by atoms with Crippen molar-refractivity contribution in [3.05, 3.63) is 65.7 Å². The number of nitrogens with two attached hydrogens (primary N) is 1. The van der Waals surface area contributed by atoms with Crippen molar-refractivity contribution in [1.29, 1.82) is 0 Å². The number of benzene rings is 2. The number of amides is 1. The maximum Gasteiger partial charge on any atom is 0.255 e. The summed E-state index contributed by atoms with van der Waals surface area (Å²) in [6.07, 6.45) is 0. The molecule has 0 spiro atoms. The number of carbonyl (C=O) groups excluding carboxylic acids is 1. The van der Waals surface area contributed by atoms with Crippen molar-refractivity contribution in [1.82, 2.24) is 0 Å². The molecule has 1 atom stereocenters. The molecule has 0 saturated carbocycles. The molecule has 0 fully saturated rings. The van der Waals surface area contributed by atoms with Crippen molar-refractivity contribution in [2.45, 2.75) is 13.0 Å². The van der Waals surface area contributed by atoms with Gasteiger partial charge in [-0.2, -0.15) is 0 Å². The van der Waals surface area contributed by atoms with Gasteiger partial charge in [0.25, 0.3) is 5.91 Å². The van der Waals surface area contributed by atoms with E-state index in [-0.39, 0.29) is 11.9 Å². The van der Waals surface area contributed by atoms with Crippen LogP contribution in [0.25, 0.3) is 0 Å². The molecule has 0 bridgehead atoms. The summed E-state index contributed by atoms with van der Waals surface area (Å²) in [6, 6.07) is 16.6. The van der Waals surface area contributed by atoms with Crippen LogP contribution in [0.4, 0.5) is 5.69 Å². The molecule has 1 unspecified atom stereocenters. The Morgan fingerprint density at radius 3 is 2.33 bits per heavy atom. The highest BCUT2D eigenvalue weighted by Gasteiger charge is 2.10. The summed E-state index contributed by atoms with van der Waals surface area (Å²) in [4.78, 5) is 12.0. The van der Waals surface area contributed by atoms with Crippen molar-refractivity contribution >= 4 is 11.6 Å². The molecule has 0 aliphatic heterocycles. The molecule has 0 radical (unpaired) electrons. The predicted molar refractivity (Wildman–Crippen MR) is 73.4 cm³/mol. The largest absolute Gasteiger partial charge is 0.324 e. The second-order valence-electron chi connectivity index (χ2n) is 4.20. The molecule has 0 saturated heterocycles. The van der Waals surface area contributed by atoms with Gasteiger partial charge in [0.15, 0.2) is 0 Å². The highest BCUT2D eigenvalue weighted by Crippen LogP contribution is 2.21. The smallest absolute Gasteiger partial charge is 0.255 e. The average Bonchev–Trinajstić information content (AvgIpc) is 2.40. The third-order valence-corrected chi connectivity index (χ3v) is 2.74. The van der Waals surface area contributed by atoms with Crippen molar-refractivity contribution in [2.75, 3.05) is 5.32 Å². The van der Waals surface area contributed by atoms with Gasteiger partial charge < -0.3 is 11.1 Å². The molecule has 0 aromatic heterocycles. The Hall–Kier alpha value is -2.13. The third kappa shape index (κ3) is 2.76. The Labute approximate surface area is 107 Å². The minimum absolute atomic E-state index is 0.114. The van der Waals surface area contributed by atoms with Crippen LogP contribution in [0, 0.1) is 0 Å². The van der Waals surface area contributed by atoms with Crippen LogP contribution in [0.2, 0.25) is 0 Å². The number of rotatable bonds is 3. The highest BCUT2D eigenvalue weighted by molar-refractivity contribution is 6.04. The number of para-hydroxylation sites is 1. The van der Waals surface area contributed by atoms with E-state index in [9.17, 15) is 4.79 Å². The van der Waals surface area contributed by atoms with Crippen LogP contribution in [0.3, 0.4) is 0 Å². The standard InChI is InChI=1S/C15H16N2O/c1-11(16)13-9-5-6-10-14(13)17-15(18)12-7-3-2-4-8-12/h2-11H,16H2,1H3,(H,17,18). The van der Waals surface area contributed by atoms with Gasteiger partial charge >= 0.3 is 0 Å². The fourth-order valence-electron chi connectivity index (χ4n) is 1.79. The SMILES string of the molecule is CC(N)c1ccccc1NC(=O)c1ccccc1. The zero-order valence-electron chi connectivity index (χ0n) is 10.3. The molecule has 3 N–H and O–H groups in total. The summed E-state index contributed by atoms with van der Waals surface area (Å²) in [5.74, 6) is -0.122. The lowest BCUT2D eigenvalue weighted by Crippen LogP contribution is -2.15. The summed E-state index contributed by atoms with van der Waals surface area (Å²) in [5, 5.41) is 2.89. The molecular weight excluding hydrogens is 224 g/mol. The van der Waals surface area contributed by atoms with Crippen molar-refractivity contribution in [3.63, 3.8) is 0 Å². The van der Waals surface area contributed by atoms with E-state index in [1.807, 2.05) is 49.4 Å². The molecular formula is C15H16N2O. The van der Waals surface area contributed by atoms with Gasteiger partial charge in [-0.25, -0.2) is 0 Å². The monoisotopic (exact) mass is 240 g/mol. The van der Waals surface area contributed by atoms with E-state index in [2.05, 4.69) is 5.32 Å². The number of anilines is 1. The lowest BCUT2D eigenvalue weighted by molar-refractivity contribution is 0.102. The molecule has 1 amide bonds. The van der Waals surface area contributed by atoms with Crippen LogP contribution in [0.1, 0.15) is 28.9 Å². The van der Waals surface area contributed by atoms with Gasteiger partial charge in [-0.1, -0.05) is 36.4 Å². The minimum Gasteiger partial charge on any atom is -0.324 e. The number of hydrogen-bond donors (Lipinski definition) is 2. The maximum atomic E-state index is 12.0. The first-order valence-corrected chi connectivity index (χ1v) is 5.89. The second-order valence-corrected chi connectivity index (χ2v) is 4.20. The van der Waals surface area contributed by atoms with Crippen molar-refractivity contribution in [2.24, 2.45) is 5.73 Å². The maximum absolute atomic E-state index is 12.0. The molecule has 92 valence electrons. The molecule has 2 rings (SSSR count). The molecule has 3 heteroatoms. The highest BCUT2D eigenvalue weighted by atomic mass is 16.1. The normalized spacial score (nSPS) is 11.9. The molecule has 2 aromatic carbocycles. The van der Waals surface area contributed by atoms with Gasteiger partial charge in [-0.3, -0.25) is 4.79 Å². The zero-order chi connectivity index (χ0) is 13.0. The van der Waals surface area contributed by atoms with Crippen molar-refractivity contribution < 1.29 is 4.79 Å². The lowest BCUT2D eigenvalue weighted by atomic mass is 10.1. The van der Waals surface area contributed by atoms with Gasteiger partial charge in [0.1, 0.15) is 0 Å². The summed E-state index contributed by atoms with van der Waals surface area (Å²) in [6.45, 7) is 1.90. The number of carbonyl (C=O) groups is 1. The summed E-state index contributed by atoms with van der Waals surface area (Å²) >= 11 is 0. The van der Waals surface area contributed by atoms with Gasteiger partial charge in [0, 0.05) is 17.3 Å². The third-order valence-electron chi connectivity index (χ3n) is 2.74. The predicted octanol–water partition coefficient (Wildman–Crippen LogP) is 2.96. The van der Waals surface area contributed by atoms with Gasteiger partial charge in [0.05, 0.1) is 0 Å². The quantitative estimate of drug-likeness (QED) is 0.866. The first kappa shape index (κ1) is 12.3. The lowest BCUT2D eigenvalue weighted by Gasteiger charge is -2.13. The number of nitrogens with one attached hydrogen (secondary N) is 1. The van der Waals surface area contributed by atoms with E-state index < -0.39 is 0 Å². The van der Waals surface area contributed by atoms with Gasteiger partial charge in [-0.05, 0) is 30.7 Å². The van der Waals surface area contributed by atoms with E-state index in [1.165, 1.54) is 0 Å². The average molecular weight is 240 g/mol. The fourth-order valence-corrected chi connectivity index (χ4v) is 1.79. The Morgan fingerprint density at radius 1 is 1.06 bits per heavy atom. The van der Waals surface area contributed by atoms with E-state index in [0.717, 1.165) is 11.3 Å². The first-order chi connectivity index (χ1) is 8.68. The van der Waals surface area contributed by atoms with Crippen LogP contribution < -0.4 is 11.1 Å². The Bertz CT molecular complexity index is 535. The summed E-state index contributed by atoms with van der Waals surface area (Å²) in [5.41, 5.74) is 8.21. The van der Waals surface area contributed by atoms with Crippen LogP contribution in [0.5, 0.6) is 0 Å². The van der Waals surface area contributed by atoms with Crippen LogP contribution in [-0.2, 0) is 0 Å². The second kappa shape index (κ2) is 5.47. The van der Waals surface area contributed by atoms with Crippen LogP contribution in [-0.4, -0.2) is 5.91 Å². The van der Waals surface area contributed by atoms with E-state index in [0.29, 0.717) is 5.56 Å². The molecule has 0 aliphatic rings. The van der Waals surface area contributed by atoms with E-state index >= 15 is 0 Å². The Kier molecular flexibility index (Phi) is 3.75. The minimum atomic E-state index is -0.122. The van der Waals surface area contributed by atoms with Crippen LogP contribution >= 0.6 is 0 Å². The van der Waals surface area contributed by atoms with Gasteiger partial charge in [-0.15, -0.1) is 0 Å². The summed E-state index contributed by atoms with van der Waals surface area (Å²) in [7, 11) is 0. The summed E-state index contributed by atoms with van der Waals surface area (Å²) < 4.78 is 0.